The lowest BCUT2D eigenvalue weighted by Crippen LogP contribution is -2.61. The Morgan fingerprint density at radius 1 is 1.18 bits per heavy atom. The summed E-state index contributed by atoms with van der Waals surface area (Å²) in [6.45, 7) is 0.262. The van der Waals surface area contributed by atoms with E-state index in [1.807, 2.05) is 43.6 Å². The maximum atomic E-state index is 6.18. The Balaban J connectivity index is 1.55. The highest BCUT2D eigenvalue weighted by molar-refractivity contribution is 5.96. The van der Waals surface area contributed by atoms with Crippen LogP contribution in [0.4, 0.5) is 0 Å². The van der Waals surface area contributed by atoms with Crippen LogP contribution in [-0.2, 0) is 6.42 Å². The SMILES string of the molecule is CNC1(Cc2ccc3c(c2)OCO3)C=C(c2cccc3[nH]ccc23)N=C(N)N1. The van der Waals surface area contributed by atoms with Crippen LogP contribution in [0.2, 0.25) is 0 Å². The number of aromatic nitrogens is 1. The van der Waals surface area contributed by atoms with E-state index < -0.39 is 5.66 Å². The van der Waals surface area contributed by atoms with Gasteiger partial charge < -0.3 is 25.5 Å². The molecule has 2 aromatic carbocycles. The molecular weight excluding hydrogens is 354 g/mol. The highest BCUT2D eigenvalue weighted by Gasteiger charge is 2.31. The number of hydrogen-bond donors (Lipinski definition) is 4. The number of hydrogen-bond acceptors (Lipinski definition) is 6. The monoisotopic (exact) mass is 375 g/mol. The molecule has 0 spiro atoms. The van der Waals surface area contributed by atoms with E-state index in [0.717, 1.165) is 39.2 Å². The molecular formula is C21H21N5O2. The van der Waals surface area contributed by atoms with Gasteiger partial charge in [-0.15, -0.1) is 0 Å². The summed E-state index contributed by atoms with van der Waals surface area (Å²) in [5, 5.41) is 7.79. The minimum atomic E-state index is -0.576. The molecule has 3 heterocycles. The van der Waals surface area contributed by atoms with Crippen molar-refractivity contribution in [1.82, 2.24) is 15.6 Å². The van der Waals surface area contributed by atoms with Crippen LogP contribution in [0.15, 0.2) is 59.7 Å². The molecule has 142 valence electrons. The normalized spacial score (nSPS) is 20.6. The molecule has 1 unspecified atom stereocenters. The summed E-state index contributed by atoms with van der Waals surface area (Å²) >= 11 is 0. The van der Waals surface area contributed by atoms with Gasteiger partial charge in [0.15, 0.2) is 17.5 Å². The van der Waals surface area contributed by atoms with E-state index in [0.29, 0.717) is 12.4 Å². The Morgan fingerprint density at radius 2 is 2.07 bits per heavy atom. The average Bonchev–Trinajstić information content (AvgIpc) is 3.36. The fraction of sp³-hybridized carbons (Fsp3) is 0.190. The minimum Gasteiger partial charge on any atom is -0.454 e. The quantitative estimate of drug-likeness (QED) is 0.561. The van der Waals surface area contributed by atoms with E-state index in [4.69, 9.17) is 15.2 Å². The maximum absolute atomic E-state index is 6.18. The van der Waals surface area contributed by atoms with E-state index in [-0.39, 0.29) is 6.79 Å². The second kappa shape index (κ2) is 6.31. The predicted octanol–water partition coefficient (Wildman–Crippen LogP) is 2.31. The summed E-state index contributed by atoms with van der Waals surface area (Å²) in [7, 11) is 1.91. The molecule has 5 N–H and O–H groups in total. The van der Waals surface area contributed by atoms with E-state index >= 15 is 0 Å². The number of H-pyrrole nitrogens is 1. The van der Waals surface area contributed by atoms with Gasteiger partial charge in [-0.05, 0) is 43.0 Å². The first-order valence-corrected chi connectivity index (χ1v) is 9.15. The number of rotatable bonds is 4. The summed E-state index contributed by atoms with van der Waals surface area (Å²) in [6, 6.07) is 14.2. The molecule has 0 fully saturated rings. The molecule has 0 aliphatic carbocycles. The summed E-state index contributed by atoms with van der Waals surface area (Å²) in [5.41, 5.74) is 9.63. The van der Waals surface area contributed by atoms with Gasteiger partial charge in [-0.2, -0.15) is 0 Å². The van der Waals surface area contributed by atoms with E-state index in [1.54, 1.807) is 0 Å². The third-order valence-corrected chi connectivity index (χ3v) is 5.21. The minimum absolute atomic E-state index is 0.262. The largest absolute Gasteiger partial charge is 0.454 e. The van der Waals surface area contributed by atoms with Gasteiger partial charge in [-0.3, -0.25) is 5.32 Å². The van der Waals surface area contributed by atoms with Crippen LogP contribution in [0.25, 0.3) is 16.6 Å². The first kappa shape index (κ1) is 16.7. The molecule has 1 atom stereocenters. The zero-order chi connectivity index (χ0) is 19.1. The summed E-state index contributed by atoms with van der Waals surface area (Å²) in [5.74, 6) is 1.91. The predicted molar refractivity (Wildman–Crippen MR) is 109 cm³/mol. The molecule has 0 amide bonds. The van der Waals surface area contributed by atoms with Crippen molar-refractivity contribution in [1.29, 1.82) is 0 Å². The van der Waals surface area contributed by atoms with E-state index in [9.17, 15) is 0 Å². The number of nitrogens with zero attached hydrogens (tertiary/aromatic N) is 1. The topological polar surface area (TPSA) is 96.7 Å². The molecule has 28 heavy (non-hydrogen) atoms. The Bertz CT molecular complexity index is 1120. The fourth-order valence-corrected chi connectivity index (χ4v) is 3.83. The van der Waals surface area contributed by atoms with Crippen molar-refractivity contribution in [2.24, 2.45) is 10.7 Å². The second-order valence-electron chi connectivity index (χ2n) is 6.98. The molecule has 7 heteroatoms. The van der Waals surface area contributed by atoms with Gasteiger partial charge in [0.1, 0.15) is 5.66 Å². The second-order valence-corrected chi connectivity index (χ2v) is 6.98. The van der Waals surface area contributed by atoms with E-state index in [2.05, 4.69) is 38.8 Å². The highest BCUT2D eigenvalue weighted by Crippen LogP contribution is 2.34. The first-order valence-electron chi connectivity index (χ1n) is 9.15. The molecule has 5 rings (SSSR count). The lowest BCUT2D eigenvalue weighted by atomic mass is 9.94. The van der Waals surface area contributed by atoms with Crippen LogP contribution in [0.5, 0.6) is 11.5 Å². The molecule has 1 aromatic heterocycles. The Kier molecular flexibility index (Phi) is 3.77. The molecule has 2 aliphatic heterocycles. The summed E-state index contributed by atoms with van der Waals surface area (Å²) in [4.78, 5) is 7.82. The number of likely N-dealkylation sites (N-methyl/N-ethyl adjacent to an activating group) is 1. The molecule has 0 saturated carbocycles. The average molecular weight is 375 g/mol. The number of ether oxygens (including phenoxy) is 2. The van der Waals surface area contributed by atoms with Crippen LogP contribution in [0.1, 0.15) is 11.1 Å². The standard InChI is InChI=1S/C21H21N5O2/c1-23-21(10-13-5-6-18-19(9-13)28-12-27-18)11-17(25-20(22)26-21)14-3-2-4-16-15(14)7-8-24-16/h2-9,11,23-24H,10,12H2,1H3,(H3,22,25,26). The Morgan fingerprint density at radius 3 is 2.96 bits per heavy atom. The number of nitrogens with one attached hydrogen (secondary N) is 3. The number of benzene rings is 2. The van der Waals surface area contributed by atoms with Crippen molar-refractivity contribution in [3.8, 4) is 11.5 Å². The van der Waals surface area contributed by atoms with E-state index in [1.165, 1.54) is 0 Å². The van der Waals surface area contributed by atoms with Gasteiger partial charge in [0, 0.05) is 29.1 Å². The molecule has 7 nitrogen and oxygen atoms in total. The fourth-order valence-electron chi connectivity index (χ4n) is 3.83. The number of aliphatic imine (C=N–C) groups is 1. The van der Waals surface area contributed by atoms with Gasteiger partial charge in [-0.1, -0.05) is 18.2 Å². The zero-order valence-corrected chi connectivity index (χ0v) is 15.5. The van der Waals surface area contributed by atoms with Gasteiger partial charge in [-0.25, -0.2) is 4.99 Å². The Labute approximate surface area is 162 Å². The number of nitrogens with two attached hydrogens (primary N) is 1. The van der Waals surface area contributed by atoms with Gasteiger partial charge in [0.25, 0.3) is 0 Å². The molecule has 0 radical (unpaired) electrons. The smallest absolute Gasteiger partial charge is 0.231 e. The van der Waals surface area contributed by atoms with Crippen molar-refractivity contribution in [2.75, 3.05) is 13.8 Å². The lowest BCUT2D eigenvalue weighted by Gasteiger charge is -2.35. The van der Waals surface area contributed by atoms with Crippen LogP contribution in [-0.4, -0.2) is 30.4 Å². The lowest BCUT2D eigenvalue weighted by molar-refractivity contribution is 0.174. The van der Waals surface area contributed by atoms with Crippen molar-refractivity contribution < 1.29 is 9.47 Å². The van der Waals surface area contributed by atoms with Gasteiger partial charge in [0.05, 0.1) is 5.70 Å². The third-order valence-electron chi connectivity index (χ3n) is 5.21. The first-order chi connectivity index (χ1) is 13.7. The number of aromatic amines is 1. The molecule has 3 aromatic rings. The summed E-state index contributed by atoms with van der Waals surface area (Å²) in [6.07, 6.45) is 4.68. The number of fused-ring (bicyclic) bond motifs is 2. The van der Waals surface area contributed by atoms with Crippen molar-refractivity contribution in [3.63, 3.8) is 0 Å². The highest BCUT2D eigenvalue weighted by atomic mass is 16.7. The molecule has 0 bridgehead atoms. The maximum Gasteiger partial charge on any atom is 0.231 e. The van der Waals surface area contributed by atoms with Crippen LogP contribution < -0.4 is 25.8 Å². The zero-order valence-electron chi connectivity index (χ0n) is 15.5. The third kappa shape index (κ3) is 2.76. The van der Waals surface area contributed by atoms with Crippen LogP contribution >= 0.6 is 0 Å². The molecule has 0 saturated heterocycles. The van der Waals surface area contributed by atoms with Crippen molar-refractivity contribution in [3.05, 3.63) is 65.9 Å². The van der Waals surface area contributed by atoms with Crippen molar-refractivity contribution >= 4 is 22.6 Å². The number of guanidine groups is 1. The van der Waals surface area contributed by atoms with Crippen LogP contribution in [0, 0.1) is 0 Å². The Hall–Kier alpha value is -3.45. The molecule has 2 aliphatic rings. The summed E-state index contributed by atoms with van der Waals surface area (Å²) < 4.78 is 10.9. The van der Waals surface area contributed by atoms with Gasteiger partial charge in [0.2, 0.25) is 6.79 Å². The van der Waals surface area contributed by atoms with Crippen LogP contribution in [0.3, 0.4) is 0 Å². The van der Waals surface area contributed by atoms with Gasteiger partial charge >= 0.3 is 0 Å². The van der Waals surface area contributed by atoms with Crippen molar-refractivity contribution in [2.45, 2.75) is 12.1 Å².